The zero-order valence-electron chi connectivity index (χ0n) is 33.6. The molecule has 2 aliphatic rings. The first-order chi connectivity index (χ1) is 30.6. The molecule has 1 aliphatic carbocycles. The number of hydrogen-bond acceptors (Lipinski definition) is 15. The van der Waals surface area contributed by atoms with Crippen molar-refractivity contribution in [1.29, 1.82) is 0 Å². The lowest BCUT2D eigenvalue weighted by atomic mass is 9.90. The minimum absolute atomic E-state index is 0.109. The van der Waals surface area contributed by atoms with Crippen molar-refractivity contribution in [2.24, 2.45) is 4.99 Å². The maximum atomic E-state index is 14.3. The quantitative estimate of drug-likeness (QED) is 0.0530. The molecule has 0 aromatic heterocycles. The van der Waals surface area contributed by atoms with Gasteiger partial charge in [0.25, 0.3) is 56.5 Å². The maximum Gasteiger partial charge on any atom is 0.303 e. The molecule has 66 heavy (non-hydrogen) atoms. The molecule has 0 unspecified atom stereocenters. The summed E-state index contributed by atoms with van der Waals surface area (Å²) in [5, 5.41) is 10.8. The molecule has 350 valence electrons. The van der Waals surface area contributed by atoms with Crippen molar-refractivity contribution in [2.45, 2.75) is 50.4 Å². The van der Waals surface area contributed by atoms with E-state index in [0.717, 1.165) is 65.6 Å². The predicted molar refractivity (Wildman–Crippen MR) is 231 cm³/mol. The molecule has 1 heterocycles. The summed E-state index contributed by atoms with van der Waals surface area (Å²) in [6.45, 7) is -1.27. The van der Waals surface area contributed by atoms with Gasteiger partial charge in [-0.3, -0.25) is 37.3 Å². The minimum atomic E-state index is -5.56. The standard InChI is InChI=1S/C39H35N3O19S5/c1-42(19-5-10-32(43)44)39(45)34-25(7-4-9-31(34)64(52,53)54)33-26-15-17-28(40-20-22-11-13-24(14-12-22)62(46,47)48)37(65(55,56)57)35(26)61-36-27(33)16-18-29(38(36)66(58,59)60)41-21-23-6-2-3-8-30(23)63(49,50)51/h2-4,6-9,11-18,41H,5,10,19-21H2,1H3,(H,43,44)(H,46,47,48)(H,49,50,51)(H,52,53,54)(H,55,56,57)(H,58,59,60). The third-order valence-electron chi connectivity index (χ3n) is 9.85. The van der Waals surface area contributed by atoms with Gasteiger partial charge in [0.1, 0.15) is 4.90 Å². The third kappa shape index (κ3) is 10.6. The Morgan fingerprint density at radius 3 is 1.88 bits per heavy atom. The first-order valence-electron chi connectivity index (χ1n) is 18.5. The fourth-order valence-electron chi connectivity index (χ4n) is 6.99. The molecular formula is C39H35N3O19S5. The van der Waals surface area contributed by atoms with Crippen LogP contribution in [0.3, 0.4) is 0 Å². The topological polar surface area (TPSA) is 367 Å². The number of carboxylic acid groups (broad SMARTS) is 1. The van der Waals surface area contributed by atoms with Gasteiger partial charge in [0.15, 0.2) is 21.1 Å². The molecule has 0 atom stereocenters. The first kappa shape index (κ1) is 49.3. The Kier molecular flexibility index (Phi) is 13.6. The highest BCUT2D eigenvalue weighted by atomic mass is 32.2. The number of carbonyl (C=O) groups excluding carboxylic acids is 1. The fourth-order valence-corrected chi connectivity index (χ4v) is 10.5. The molecule has 0 saturated carbocycles. The van der Waals surface area contributed by atoms with Gasteiger partial charge >= 0.3 is 5.97 Å². The van der Waals surface area contributed by atoms with Crippen LogP contribution in [0.4, 0.5) is 5.69 Å². The Morgan fingerprint density at radius 2 is 1.29 bits per heavy atom. The van der Waals surface area contributed by atoms with Gasteiger partial charge in [-0.15, -0.1) is 0 Å². The summed E-state index contributed by atoms with van der Waals surface area (Å²) in [4.78, 5) is 26.3. The van der Waals surface area contributed by atoms with Crippen LogP contribution in [-0.2, 0) is 68.5 Å². The van der Waals surface area contributed by atoms with Gasteiger partial charge in [0.2, 0.25) is 0 Å². The molecule has 0 spiro atoms. The van der Waals surface area contributed by atoms with Crippen LogP contribution < -0.4 is 10.7 Å². The van der Waals surface area contributed by atoms with Gasteiger partial charge in [0.05, 0.1) is 32.9 Å². The number of rotatable bonds is 16. The zero-order chi connectivity index (χ0) is 48.7. The van der Waals surface area contributed by atoms with Crippen molar-refractivity contribution in [3.05, 3.63) is 113 Å². The molecule has 0 saturated heterocycles. The Labute approximate surface area is 376 Å². The molecule has 4 aromatic carbocycles. The molecule has 0 bridgehead atoms. The summed E-state index contributed by atoms with van der Waals surface area (Å²) in [5.41, 5.74) is -3.34. The molecular weight excluding hydrogens is 975 g/mol. The van der Waals surface area contributed by atoms with E-state index in [0.29, 0.717) is 0 Å². The van der Waals surface area contributed by atoms with Crippen LogP contribution >= 0.6 is 0 Å². The lowest BCUT2D eigenvalue weighted by Gasteiger charge is -2.24. The second kappa shape index (κ2) is 18.3. The number of benzene rings is 5. The summed E-state index contributed by atoms with van der Waals surface area (Å²) in [7, 11) is -24.7. The van der Waals surface area contributed by atoms with E-state index in [-0.39, 0.29) is 35.0 Å². The summed E-state index contributed by atoms with van der Waals surface area (Å²) in [6.07, 6.45) is -0.550. The van der Waals surface area contributed by atoms with E-state index in [1.807, 2.05) is 0 Å². The van der Waals surface area contributed by atoms with Crippen molar-refractivity contribution in [1.82, 2.24) is 4.90 Å². The van der Waals surface area contributed by atoms with E-state index in [1.165, 1.54) is 37.4 Å². The van der Waals surface area contributed by atoms with Crippen molar-refractivity contribution in [3.63, 3.8) is 0 Å². The van der Waals surface area contributed by atoms with Crippen LogP contribution in [0.25, 0.3) is 33.4 Å². The molecule has 4 aromatic rings. The highest BCUT2D eigenvalue weighted by Gasteiger charge is 2.35. The van der Waals surface area contributed by atoms with Gasteiger partial charge in [0, 0.05) is 43.1 Å². The van der Waals surface area contributed by atoms with Gasteiger partial charge in [-0.1, -0.05) is 42.5 Å². The number of nitrogens with one attached hydrogen (secondary N) is 1. The van der Waals surface area contributed by atoms with E-state index < -0.39 is 146 Å². The molecule has 7 N–H and O–H groups in total. The van der Waals surface area contributed by atoms with Gasteiger partial charge in [-0.05, 0) is 71.6 Å². The normalized spacial score (nSPS) is 13.0. The van der Waals surface area contributed by atoms with Crippen LogP contribution in [0.2, 0.25) is 0 Å². The number of aliphatic carboxylic acids is 1. The van der Waals surface area contributed by atoms with E-state index in [2.05, 4.69) is 10.3 Å². The second-order valence-corrected chi connectivity index (χ2v) is 21.2. The van der Waals surface area contributed by atoms with Crippen molar-refractivity contribution in [3.8, 4) is 22.5 Å². The monoisotopic (exact) mass is 1010 g/mol. The number of fused-ring (bicyclic) bond motifs is 2. The van der Waals surface area contributed by atoms with Crippen molar-refractivity contribution >= 4 is 79.1 Å². The van der Waals surface area contributed by atoms with Crippen LogP contribution in [0.15, 0.2) is 125 Å². The maximum absolute atomic E-state index is 14.3. The van der Waals surface area contributed by atoms with Crippen molar-refractivity contribution < 1.29 is 84.0 Å². The largest absolute Gasteiger partial charge is 0.481 e. The lowest BCUT2D eigenvalue weighted by molar-refractivity contribution is -0.137. The highest BCUT2D eigenvalue weighted by molar-refractivity contribution is 7.87. The fraction of sp³-hybridized carbons (Fsp3) is 0.154. The average molecular weight is 1010 g/mol. The second-order valence-electron chi connectivity index (χ2n) is 14.3. The van der Waals surface area contributed by atoms with Crippen LogP contribution in [0.5, 0.6) is 0 Å². The lowest BCUT2D eigenvalue weighted by Crippen LogP contribution is -2.30. The average Bonchev–Trinajstić information content (AvgIpc) is 3.21. The highest BCUT2D eigenvalue weighted by Crippen LogP contribution is 2.47. The van der Waals surface area contributed by atoms with Crippen molar-refractivity contribution in [2.75, 3.05) is 18.9 Å². The molecule has 0 fully saturated rings. The van der Waals surface area contributed by atoms with E-state index in [1.54, 1.807) is 0 Å². The SMILES string of the molecule is CN(CCCC(=O)O)C(=O)c1c(-c2c3ccc(=NCc4ccc(S(=O)(=O)O)cc4)c(S(=O)(=O)O)c-3oc3c(S(=O)(=O)O)c(NCc4ccccc4S(=O)(=O)O)ccc23)cccc1S(=O)(=O)O. The van der Waals surface area contributed by atoms with Gasteiger partial charge in [-0.25, -0.2) is 0 Å². The smallest absolute Gasteiger partial charge is 0.303 e. The minimum Gasteiger partial charge on any atom is -0.481 e. The Morgan fingerprint density at radius 1 is 0.667 bits per heavy atom. The first-order valence-corrected chi connectivity index (χ1v) is 25.7. The van der Waals surface area contributed by atoms with Gasteiger partial charge in [-0.2, -0.15) is 42.1 Å². The third-order valence-corrected chi connectivity index (χ3v) is 14.4. The predicted octanol–water partition coefficient (Wildman–Crippen LogP) is 4.09. The summed E-state index contributed by atoms with van der Waals surface area (Å²) in [6, 6.07) is 16.8. The summed E-state index contributed by atoms with van der Waals surface area (Å²) >= 11 is 0. The molecule has 22 nitrogen and oxygen atoms in total. The Bertz CT molecular complexity index is 3580. The molecule has 1 aliphatic heterocycles. The number of carbonyl (C=O) groups is 2. The molecule has 1 amide bonds. The number of carboxylic acids is 1. The van der Waals surface area contributed by atoms with E-state index in [4.69, 9.17) is 9.52 Å². The van der Waals surface area contributed by atoms with E-state index in [9.17, 15) is 74.4 Å². The summed E-state index contributed by atoms with van der Waals surface area (Å²) < 4.78 is 184. The number of amides is 1. The Balaban J connectivity index is 1.75. The molecule has 0 radical (unpaired) electrons. The number of hydrogen-bond donors (Lipinski definition) is 7. The number of anilines is 1. The van der Waals surface area contributed by atoms with Crippen LogP contribution in [0, 0.1) is 0 Å². The molecule has 27 heteroatoms. The summed E-state index contributed by atoms with van der Waals surface area (Å²) in [5.74, 6) is -3.27. The van der Waals surface area contributed by atoms with E-state index >= 15 is 0 Å². The number of nitrogens with zero attached hydrogens (tertiary/aromatic N) is 2. The molecule has 6 rings (SSSR count). The van der Waals surface area contributed by atoms with Crippen LogP contribution in [0.1, 0.15) is 34.3 Å². The van der Waals surface area contributed by atoms with Crippen LogP contribution in [-0.4, -0.2) is 100 Å². The Hall–Kier alpha value is -6.14. The zero-order valence-corrected chi connectivity index (χ0v) is 37.7. The van der Waals surface area contributed by atoms with Gasteiger partial charge < -0.3 is 19.7 Å².